The number of hydrogen-bond acceptors (Lipinski definition) is 7. The van der Waals surface area contributed by atoms with Crippen molar-refractivity contribution in [3.63, 3.8) is 0 Å². The highest BCUT2D eigenvalue weighted by Gasteiger charge is 2.30. The van der Waals surface area contributed by atoms with Gasteiger partial charge in [0.05, 0.1) is 5.56 Å². The van der Waals surface area contributed by atoms with E-state index in [-0.39, 0.29) is 0 Å². The minimum Gasteiger partial charge on any atom is -0.338 e. The molecule has 0 aliphatic carbocycles. The molecule has 3 aromatic rings. The number of aromatic amines is 1. The Bertz CT molecular complexity index is 1070. The molecule has 1 saturated heterocycles. The molecule has 1 aliphatic heterocycles. The molecule has 8 nitrogen and oxygen atoms in total. The highest BCUT2D eigenvalue weighted by Crippen LogP contribution is 2.30. The normalized spacial score (nSPS) is 14.9. The summed E-state index contributed by atoms with van der Waals surface area (Å²) in [6, 6.07) is 6.90. The van der Waals surface area contributed by atoms with Crippen LogP contribution in [0.2, 0.25) is 0 Å². The van der Waals surface area contributed by atoms with Crippen LogP contribution in [0.15, 0.2) is 30.3 Å². The summed E-state index contributed by atoms with van der Waals surface area (Å²) in [5.74, 6) is 1.69. The molecule has 31 heavy (non-hydrogen) atoms. The average molecular weight is 430 g/mol. The van der Waals surface area contributed by atoms with Gasteiger partial charge < -0.3 is 15.5 Å². The maximum Gasteiger partial charge on any atom is 0.416 e. The monoisotopic (exact) mass is 430 g/mol. The number of aryl methyl sites for hydroxylation is 1. The van der Waals surface area contributed by atoms with E-state index in [0.717, 1.165) is 44.0 Å². The molecule has 3 N–H and O–H groups in total. The van der Waals surface area contributed by atoms with E-state index in [1.165, 1.54) is 6.07 Å². The highest BCUT2D eigenvalue weighted by molar-refractivity contribution is 5.68. The molecule has 11 heteroatoms. The van der Waals surface area contributed by atoms with Crippen LogP contribution in [0.1, 0.15) is 22.6 Å². The van der Waals surface area contributed by atoms with Crippen molar-refractivity contribution in [3.05, 3.63) is 53.0 Å². The van der Waals surface area contributed by atoms with E-state index in [4.69, 9.17) is 0 Å². The second-order valence-electron chi connectivity index (χ2n) is 7.07. The van der Waals surface area contributed by atoms with Gasteiger partial charge in [-0.3, -0.25) is 5.10 Å². The predicted molar refractivity (Wildman–Crippen MR) is 112 cm³/mol. The van der Waals surface area contributed by atoms with Gasteiger partial charge in [0.25, 0.3) is 0 Å². The first kappa shape index (κ1) is 20.8. The number of alkyl halides is 3. The van der Waals surface area contributed by atoms with Gasteiger partial charge in [0.15, 0.2) is 11.6 Å². The van der Waals surface area contributed by atoms with Crippen molar-refractivity contribution >= 4 is 29.9 Å². The first-order chi connectivity index (χ1) is 14.9. The second-order valence-corrected chi connectivity index (χ2v) is 7.07. The number of nitrogens with one attached hydrogen (secondary N) is 3. The largest absolute Gasteiger partial charge is 0.416 e. The zero-order valence-corrected chi connectivity index (χ0v) is 16.7. The van der Waals surface area contributed by atoms with Crippen molar-refractivity contribution in [3.8, 4) is 0 Å². The van der Waals surface area contributed by atoms with Crippen molar-refractivity contribution in [2.24, 2.45) is 0 Å². The van der Waals surface area contributed by atoms with Gasteiger partial charge in [0.1, 0.15) is 0 Å². The lowest BCUT2D eigenvalue weighted by Gasteiger charge is -2.27. The molecule has 0 saturated carbocycles. The minimum atomic E-state index is -4.40. The third-order valence-electron chi connectivity index (χ3n) is 4.63. The number of hydrogen-bond donors (Lipinski definition) is 3. The molecule has 0 atom stereocenters. The van der Waals surface area contributed by atoms with Crippen LogP contribution < -0.4 is 15.5 Å². The maximum absolute atomic E-state index is 13.0. The van der Waals surface area contributed by atoms with Crippen LogP contribution in [0.5, 0.6) is 0 Å². The molecule has 162 valence electrons. The van der Waals surface area contributed by atoms with Gasteiger partial charge >= 0.3 is 6.18 Å². The standard InChI is InChI=1S/C20H21F3N8/c1-13-11-17(30-29-13)26-18-25-16(27-19(28-18)31-9-7-24-8-10-31)6-5-14-3-2-4-15(12-14)20(21,22)23/h2-6,11-12,24H,7-10H2,1H3,(H2,25,26,27,28,29,30)/b6-5+. The van der Waals surface area contributed by atoms with Gasteiger partial charge in [-0.05, 0) is 30.7 Å². The van der Waals surface area contributed by atoms with Gasteiger partial charge in [-0.25, -0.2) is 0 Å². The topological polar surface area (TPSA) is 94.7 Å². The van der Waals surface area contributed by atoms with Crippen molar-refractivity contribution in [1.29, 1.82) is 0 Å². The maximum atomic E-state index is 13.0. The Hall–Kier alpha value is -3.47. The number of piperazine rings is 1. The van der Waals surface area contributed by atoms with Crippen LogP contribution in [0.3, 0.4) is 0 Å². The summed E-state index contributed by atoms with van der Waals surface area (Å²) in [7, 11) is 0. The minimum absolute atomic E-state index is 0.304. The zero-order chi connectivity index (χ0) is 21.8. The Labute approximate surface area is 176 Å². The van der Waals surface area contributed by atoms with Crippen molar-refractivity contribution < 1.29 is 13.2 Å². The van der Waals surface area contributed by atoms with E-state index in [9.17, 15) is 13.2 Å². The van der Waals surface area contributed by atoms with Crippen molar-refractivity contribution in [2.75, 3.05) is 36.4 Å². The molecule has 0 amide bonds. The molecule has 3 heterocycles. The molecule has 0 unspecified atom stereocenters. The Balaban J connectivity index is 1.63. The Morgan fingerprint density at radius 1 is 1.06 bits per heavy atom. The fourth-order valence-corrected chi connectivity index (χ4v) is 3.10. The zero-order valence-electron chi connectivity index (χ0n) is 16.7. The summed E-state index contributed by atoms with van der Waals surface area (Å²) in [5.41, 5.74) is 0.572. The Morgan fingerprint density at radius 3 is 2.58 bits per heavy atom. The van der Waals surface area contributed by atoms with Gasteiger partial charge in [-0.2, -0.15) is 33.2 Å². The molecule has 1 fully saturated rings. The van der Waals surface area contributed by atoms with Crippen LogP contribution in [0.4, 0.5) is 30.9 Å². The summed E-state index contributed by atoms with van der Waals surface area (Å²) in [4.78, 5) is 15.4. The van der Waals surface area contributed by atoms with Crippen LogP contribution in [-0.2, 0) is 6.18 Å². The van der Waals surface area contributed by atoms with E-state index >= 15 is 0 Å². The van der Waals surface area contributed by atoms with E-state index in [1.807, 2.05) is 17.9 Å². The summed E-state index contributed by atoms with van der Waals surface area (Å²) in [5, 5.41) is 13.3. The van der Waals surface area contributed by atoms with Crippen molar-refractivity contribution in [1.82, 2.24) is 30.5 Å². The third kappa shape index (κ3) is 5.37. The lowest BCUT2D eigenvalue weighted by atomic mass is 10.1. The molecular weight excluding hydrogens is 409 g/mol. The van der Waals surface area contributed by atoms with E-state index in [1.54, 1.807) is 18.2 Å². The first-order valence-corrected chi connectivity index (χ1v) is 9.73. The van der Waals surface area contributed by atoms with Gasteiger partial charge in [0, 0.05) is 37.9 Å². The van der Waals surface area contributed by atoms with Crippen molar-refractivity contribution in [2.45, 2.75) is 13.1 Å². The average Bonchev–Trinajstić information content (AvgIpc) is 3.17. The number of anilines is 3. The van der Waals surface area contributed by atoms with E-state index < -0.39 is 11.7 Å². The van der Waals surface area contributed by atoms with Gasteiger partial charge in [0.2, 0.25) is 11.9 Å². The lowest BCUT2D eigenvalue weighted by molar-refractivity contribution is -0.137. The molecular formula is C20H21F3N8. The van der Waals surface area contributed by atoms with Crippen LogP contribution in [0, 0.1) is 6.92 Å². The molecule has 1 aromatic carbocycles. The molecule has 2 aromatic heterocycles. The molecule has 0 spiro atoms. The smallest absolute Gasteiger partial charge is 0.338 e. The fourth-order valence-electron chi connectivity index (χ4n) is 3.10. The number of benzene rings is 1. The lowest BCUT2D eigenvalue weighted by Crippen LogP contribution is -2.44. The SMILES string of the molecule is Cc1cc(Nc2nc(/C=C/c3cccc(C(F)(F)F)c3)nc(N3CCNCC3)n2)n[nH]1. The van der Waals surface area contributed by atoms with E-state index in [0.29, 0.717) is 29.1 Å². The fraction of sp³-hybridized carbons (Fsp3) is 0.300. The van der Waals surface area contributed by atoms with Gasteiger partial charge in [-0.1, -0.05) is 18.2 Å². The molecule has 1 aliphatic rings. The second kappa shape index (κ2) is 8.72. The predicted octanol–water partition coefficient (Wildman–Crippen LogP) is 3.25. The summed E-state index contributed by atoms with van der Waals surface area (Å²) in [6.45, 7) is 4.97. The Morgan fingerprint density at radius 2 is 1.87 bits per heavy atom. The summed E-state index contributed by atoms with van der Waals surface area (Å²) >= 11 is 0. The molecule has 4 rings (SSSR count). The first-order valence-electron chi connectivity index (χ1n) is 9.73. The quantitative estimate of drug-likeness (QED) is 0.572. The van der Waals surface area contributed by atoms with E-state index in [2.05, 4.69) is 35.8 Å². The number of H-pyrrole nitrogens is 1. The highest BCUT2D eigenvalue weighted by atomic mass is 19.4. The number of halogens is 3. The van der Waals surface area contributed by atoms with Crippen LogP contribution in [0.25, 0.3) is 12.2 Å². The third-order valence-corrected chi connectivity index (χ3v) is 4.63. The number of rotatable bonds is 5. The number of aromatic nitrogens is 5. The van der Waals surface area contributed by atoms with Crippen LogP contribution >= 0.6 is 0 Å². The van der Waals surface area contributed by atoms with Crippen LogP contribution in [-0.4, -0.2) is 51.3 Å². The summed E-state index contributed by atoms with van der Waals surface area (Å²) in [6.07, 6.45) is -1.27. The molecule has 0 bridgehead atoms. The number of nitrogens with zero attached hydrogens (tertiary/aromatic N) is 5. The summed E-state index contributed by atoms with van der Waals surface area (Å²) < 4.78 is 38.9. The Kier molecular flexibility index (Phi) is 5.85. The molecule has 0 radical (unpaired) electrons. The van der Waals surface area contributed by atoms with Gasteiger partial charge in [-0.15, -0.1) is 0 Å².